The molecule has 0 aliphatic carbocycles. The first-order valence-corrected chi connectivity index (χ1v) is 4.66. The third kappa shape index (κ3) is 2.34. The zero-order valence-electron chi connectivity index (χ0n) is 9.09. The number of carboxylic acids is 1. The van der Waals surface area contributed by atoms with E-state index in [2.05, 4.69) is 20.8 Å². The molecule has 14 heavy (non-hydrogen) atoms. The molecule has 1 rings (SSSR count). The van der Waals surface area contributed by atoms with E-state index in [0.29, 0.717) is 5.56 Å². The fourth-order valence-corrected chi connectivity index (χ4v) is 1.34. The van der Waals surface area contributed by atoms with Crippen molar-refractivity contribution >= 4 is 5.97 Å². The summed E-state index contributed by atoms with van der Waals surface area (Å²) < 4.78 is 0. The Hall–Kier alpha value is -1.31. The van der Waals surface area contributed by atoms with Gasteiger partial charge in [0.15, 0.2) is 0 Å². The molecule has 76 valence electrons. The molecule has 1 N–H and O–H groups in total. The van der Waals surface area contributed by atoms with Crippen molar-refractivity contribution in [3.05, 3.63) is 34.9 Å². The second-order valence-electron chi connectivity index (χ2n) is 4.64. The molecule has 0 radical (unpaired) electrons. The highest BCUT2D eigenvalue weighted by atomic mass is 16.4. The monoisotopic (exact) mass is 192 g/mol. The average Bonchev–Trinajstić information content (AvgIpc) is 2.01. The molecule has 0 saturated heterocycles. The van der Waals surface area contributed by atoms with Crippen LogP contribution in [0.25, 0.3) is 0 Å². The molecule has 0 amide bonds. The van der Waals surface area contributed by atoms with Crippen molar-refractivity contribution in [3.63, 3.8) is 0 Å². The first-order valence-electron chi connectivity index (χ1n) is 4.66. The van der Waals surface area contributed by atoms with Crippen molar-refractivity contribution in [1.29, 1.82) is 0 Å². The average molecular weight is 192 g/mol. The number of aromatic carboxylic acids is 1. The molecular weight excluding hydrogens is 176 g/mol. The molecule has 0 aliphatic rings. The van der Waals surface area contributed by atoms with Crippen LogP contribution in [-0.4, -0.2) is 11.1 Å². The van der Waals surface area contributed by atoms with Gasteiger partial charge in [-0.1, -0.05) is 26.8 Å². The normalized spacial score (nSPS) is 11.4. The quantitative estimate of drug-likeness (QED) is 0.742. The molecular formula is C12H16O2. The summed E-state index contributed by atoms with van der Waals surface area (Å²) in [4.78, 5) is 10.8. The minimum Gasteiger partial charge on any atom is -0.478 e. The van der Waals surface area contributed by atoms with Crippen LogP contribution in [-0.2, 0) is 5.41 Å². The van der Waals surface area contributed by atoms with Crippen LogP contribution in [0.3, 0.4) is 0 Å². The minimum atomic E-state index is -0.862. The van der Waals surface area contributed by atoms with Crippen LogP contribution in [0.1, 0.15) is 42.3 Å². The van der Waals surface area contributed by atoms with Gasteiger partial charge in [-0.05, 0) is 35.6 Å². The predicted molar refractivity (Wildman–Crippen MR) is 56.8 cm³/mol. The van der Waals surface area contributed by atoms with E-state index in [9.17, 15) is 4.79 Å². The summed E-state index contributed by atoms with van der Waals surface area (Å²) in [7, 11) is 0. The Labute approximate surface area is 84.6 Å². The maximum atomic E-state index is 10.8. The summed E-state index contributed by atoms with van der Waals surface area (Å²) in [6, 6.07) is 5.47. The molecule has 0 fully saturated rings. The molecule has 0 saturated carbocycles. The lowest BCUT2D eigenvalue weighted by atomic mass is 9.85. The molecule has 2 heteroatoms. The highest BCUT2D eigenvalue weighted by Crippen LogP contribution is 2.24. The van der Waals surface area contributed by atoms with Crippen LogP contribution in [0.5, 0.6) is 0 Å². The molecule has 0 aromatic heterocycles. The Morgan fingerprint density at radius 2 is 1.79 bits per heavy atom. The number of hydrogen-bond acceptors (Lipinski definition) is 1. The van der Waals surface area contributed by atoms with E-state index in [0.717, 1.165) is 11.1 Å². The second kappa shape index (κ2) is 3.45. The van der Waals surface area contributed by atoms with Crippen molar-refractivity contribution in [2.24, 2.45) is 0 Å². The summed E-state index contributed by atoms with van der Waals surface area (Å²) in [5.74, 6) is -0.862. The molecule has 0 spiro atoms. The van der Waals surface area contributed by atoms with Gasteiger partial charge >= 0.3 is 5.97 Å². The zero-order valence-corrected chi connectivity index (χ0v) is 9.09. The van der Waals surface area contributed by atoms with Crippen molar-refractivity contribution in [1.82, 2.24) is 0 Å². The van der Waals surface area contributed by atoms with Gasteiger partial charge in [0.05, 0.1) is 5.56 Å². The van der Waals surface area contributed by atoms with Crippen LogP contribution >= 0.6 is 0 Å². The van der Waals surface area contributed by atoms with Gasteiger partial charge in [-0.2, -0.15) is 0 Å². The van der Waals surface area contributed by atoms with E-state index in [-0.39, 0.29) is 5.41 Å². The van der Waals surface area contributed by atoms with E-state index in [1.165, 1.54) is 0 Å². The number of hydrogen-bond donors (Lipinski definition) is 1. The minimum absolute atomic E-state index is 0.00375. The molecule has 1 aromatic rings. The Kier molecular flexibility index (Phi) is 2.65. The van der Waals surface area contributed by atoms with E-state index >= 15 is 0 Å². The molecule has 2 nitrogen and oxygen atoms in total. The molecule has 0 bridgehead atoms. The lowest BCUT2D eigenvalue weighted by Crippen LogP contribution is -2.12. The van der Waals surface area contributed by atoms with Crippen molar-refractivity contribution in [2.45, 2.75) is 33.1 Å². The van der Waals surface area contributed by atoms with E-state index in [1.807, 2.05) is 13.0 Å². The third-order valence-corrected chi connectivity index (χ3v) is 2.19. The largest absolute Gasteiger partial charge is 0.478 e. The lowest BCUT2D eigenvalue weighted by Gasteiger charge is -2.20. The fraction of sp³-hybridized carbons (Fsp3) is 0.417. The number of rotatable bonds is 1. The first-order chi connectivity index (χ1) is 6.30. The summed E-state index contributed by atoms with van der Waals surface area (Å²) >= 11 is 0. The Bertz CT molecular complexity index is 359. The van der Waals surface area contributed by atoms with Crippen molar-refractivity contribution in [2.75, 3.05) is 0 Å². The van der Waals surface area contributed by atoms with Gasteiger partial charge in [-0.3, -0.25) is 0 Å². The van der Waals surface area contributed by atoms with Gasteiger partial charge < -0.3 is 5.11 Å². The Morgan fingerprint density at radius 1 is 1.21 bits per heavy atom. The van der Waals surface area contributed by atoms with E-state index < -0.39 is 5.97 Å². The van der Waals surface area contributed by atoms with Crippen LogP contribution in [0.4, 0.5) is 0 Å². The van der Waals surface area contributed by atoms with Gasteiger partial charge in [0.2, 0.25) is 0 Å². The van der Waals surface area contributed by atoms with Gasteiger partial charge in [0.1, 0.15) is 0 Å². The number of carbonyl (C=O) groups is 1. The van der Waals surface area contributed by atoms with Gasteiger partial charge in [0, 0.05) is 0 Å². The number of carboxylic acid groups (broad SMARTS) is 1. The summed E-state index contributed by atoms with van der Waals surface area (Å²) in [6.07, 6.45) is 0. The van der Waals surface area contributed by atoms with Crippen LogP contribution in [0, 0.1) is 6.92 Å². The highest BCUT2D eigenvalue weighted by molar-refractivity contribution is 5.88. The molecule has 0 unspecified atom stereocenters. The maximum Gasteiger partial charge on any atom is 0.335 e. The predicted octanol–water partition coefficient (Wildman–Crippen LogP) is 2.99. The Balaban J connectivity index is 3.28. The molecule has 0 atom stereocenters. The smallest absolute Gasteiger partial charge is 0.335 e. The second-order valence-corrected chi connectivity index (χ2v) is 4.64. The van der Waals surface area contributed by atoms with Crippen LogP contribution in [0.15, 0.2) is 18.2 Å². The van der Waals surface area contributed by atoms with Gasteiger partial charge in [0.25, 0.3) is 0 Å². The molecule has 0 aliphatic heterocycles. The summed E-state index contributed by atoms with van der Waals surface area (Å²) in [5.41, 5.74) is 2.43. The van der Waals surface area contributed by atoms with Crippen LogP contribution < -0.4 is 0 Å². The maximum absolute atomic E-state index is 10.8. The zero-order chi connectivity index (χ0) is 10.9. The SMILES string of the molecule is Cc1cc(C(=O)O)cc(C(C)(C)C)c1. The van der Waals surface area contributed by atoms with Crippen molar-refractivity contribution < 1.29 is 9.90 Å². The molecule has 0 heterocycles. The summed E-state index contributed by atoms with van der Waals surface area (Å²) in [6.45, 7) is 8.15. The molecule has 1 aromatic carbocycles. The fourth-order valence-electron chi connectivity index (χ4n) is 1.34. The number of benzene rings is 1. The lowest BCUT2D eigenvalue weighted by molar-refractivity contribution is 0.0696. The van der Waals surface area contributed by atoms with E-state index in [4.69, 9.17) is 5.11 Å². The van der Waals surface area contributed by atoms with Crippen molar-refractivity contribution in [3.8, 4) is 0 Å². The third-order valence-electron chi connectivity index (χ3n) is 2.19. The van der Waals surface area contributed by atoms with Crippen LogP contribution in [0.2, 0.25) is 0 Å². The highest BCUT2D eigenvalue weighted by Gasteiger charge is 2.16. The standard InChI is InChI=1S/C12H16O2/c1-8-5-9(11(13)14)7-10(6-8)12(2,3)4/h5-7H,1-4H3,(H,13,14). The Morgan fingerprint density at radius 3 is 2.21 bits per heavy atom. The summed E-state index contributed by atoms with van der Waals surface area (Å²) in [5, 5.41) is 8.90. The topological polar surface area (TPSA) is 37.3 Å². The number of aryl methyl sites for hydroxylation is 1. The van der Waals surface area contributed by atoms with Gasteiger partial charge in [-0.25, -0.2) is 4.79 Å². The van der Waals surface area contributed by atoms with E-state index in [1.54, 1.807) is 12.1 Å². The first kappa shape index (κ1) is 10.8. The van der Waals surface area contributed by atoms with Gasteiger partial charge in [-0.15, -0.1) is 0 Å².